The molecule has 2 bridgehead atoms. The summed E-state index contributed by atoms with van der Waals surface area (Å²) in [5, 5.41) is 14.0. The first-order valence-corrected chi connectivity index (χ1v) is 19.4. The van der Waals surface area contributed by atoms with E-state index in [1.807, 2.05) is 92.7 Å². The van der Waals surface area contributed by atoms with Crippen LogP contribution in [0.5, 0.6) is 0 Å². The zero-order chi connectivity index (χ0) is 40.0. The molecule has 11 heteroatoms. The molecule has 2 N–H and O–H groups in total. The number of amides is 3. The Hall–Kier alpha value is -5.10. The van der Waals surface area contributed by atoms with Gasteiger partial charge >= 0.3 is 5.97 Å². The minimum Gasteiger partial charge on any atom is -0.455 e. The van der Waals surface area contributed by atoms with E-state index in [4.69, 9.17) is 14.2 Å². The second-order valence-corrected chi connectivity index (χ2v) is 15.1. The normalized spacial score (nSPS) is 23.9. The maximum Gasteiger partial charge on any atom is 0.313 e. The number of carbonyl (C=O) groups excluding carboxylic acids is 4. The molecule has 0 unspecified atom stereocenters. The summed E-state index contributed by atoms with van der Waals surface area (Å²) < 4.78 is 18.7. The van der Waals surface area contributed by atoms with Crippen molar-refractivity contribution in [2.24, 2.45) is 11.8 Å². The molecule has 0 aliphatic carbocycles. The molecule has 0 saturated carbocycles. The quantitative estimate of drug-likeness (QED) is 0.134. The van der Waals surface area contributed by atoms with Gasteiger partial charge in [0.1, 0.15) is 17.7 Å². The predicted octanol–water partition coefficient (Wildman–Crippen LogP) is 5.18. The largest absolute Gasteiger partial charge is 0.455 e. The lowest BCUT2D eigenvalue weighted by molar-refractivity contribution is -0.163. The highest BCUT2D eigenvalue weighted by molar-refractivity contribution is 6.05. The van der Waals surface area contributed by atoms with Crippen LogP contribution in [-0.2, 0) is 39.8 Å². The van der Waals surface area contributed by atoms with Crippen LogP contribution in [0.2, 0.25) is 0 Å². The molecule has 8 atom stereocenters. The van der Waals surface area contributed by atoms with Gasteiger partial charge in [0, 0.05) is 25.8 Å². The van der Waals surface area contributed by atoms with Crippen molar-refractivity contribution in [3.63, 3.8) is 0 Å². The van der Waals surface area contributed by atoms with Crippen LogP contribution >= 0.6 is 0 Å². The monoisotopic (exact) mass is 763 g/mol. The number of rotatable bonds is 18. The molecule has 3 amide bonds. The fourth-order valence-electron chi connectivity index (χ4n) is 8.89. The number of methoxy groups -OCH3 is 1. The number of allylic oxidation sites excluding steroid dienone is 1. The third-order valence-corrected chi connectivity index (χ3v) is 11.4. The lowest BCUT2D eigenvalue weighted by Crippen LogP contribution is -2.59. The van der Waals surface area contributed by atoms with Crippen molar-refractivity contribution in [3.8, 4) is 0 Å². The Morgan fingerprint density at radius 3 is 2.43 bits per heavy atom. The van der Waals surface area contributed by atoms with E-state index in [1.54, 1.807) is 17.1 Å². The molecule has 3 fully saturated rings. The van der Waals surface area contributed by atoms with Gasteiger partial charge in [-0.05, 0) is 67.9 Å². The number of carbonyl (C=O) groups is 4. The van der Waals surface area contributed by atoms with Crippen LogP contribution in [0.3, 0.4) is 0 Å². The third kappa shape index (κ3) is 7.94. The Morgan fingerprint density at radius 2 is 1.77 bits per heavy atom. The summed E-state index contributed by atoms with van der Waals surface area (Å²) in [6, 6.07) is 21.7. The van der Waals surface area contributed by atoms with Crippen molar-refractivity contribution in [1.29, 1.82) is 0 Å². The minimum atomic E-state index is -1.36. The minimum absolute atomic E-state index is 0.0447. The fourth-order valence-corrected chi connectivity index (χ4v) is 8.89. The molecule has 0 aromatic heterocycles. The maximum absolute atomic E-state index is 15.3. The van der Waals surface area contributed by atoms with Crippen molar-refractivity contribution in [3.05, 3.63) is 126 Å². The Labute approximate surface area is 329 Å². The molecule has 3 aliphatic heterocycles. The summed E-state index contributed by atoms with van der Waals surface area (Å²) in [5.74, 6) is -3.84. The number of esters is 1. The molecule has 1 spiro atoms. The van der Waals surface area contributed by atoms with Crippen LogP contribution in [0.15, 0.2) is 104 Å². The average molecular weight is 764 g/mol. The van der Waals surface area contributed by atoms with Gasteiger partial charge in [0.15, 0.2) is 0 Å². The van der Waals surface area contributed by atoms with Gasteiger partial charge in [-0.1, -0.05) is 84.9 Å². The zero-order valence-electron chi connectivity index (χ0n) is 32.5. The van der Waals surface area contributed by atoms with Crippen LogP contribution in [0.1, 0.15) is 54.0 Å². The number of anilines is 1. The molecular weight excluding hydrogens is 711 g/mol. The van der Waals surface area contributed by atoms with Gasteiger partial charge in [-0.3, -0.25) is 19.2 Å². The molecule has 3 aromatic rings. The lowest BCUT2D eigenvalue weighted by atomic mass is 9.70. The van der Waals surface area contributed by atoms with E-state index in [1.165, 1.54) is 12.0 Å². The van der Waals surface area contributed by atoms with E-state index < -0.39 is 66.3 Å². The number of aryl methyl sites for hydroxylation is 2. The van der Waals surface area contributed by atoms with Gasteiger partial charge in [-0.2, -0.15) is 0 Å². The van der Waals surface area contributed by atoms with Crippen molar-refractivity contribution in [1.82, 2.24) is 10.2 Å². The first-order chi connectivity index (χ1) is 27.1. The second kappa shape index (κ2) is 17.8. The van der Waals surface area contributed by atoms with Crippen LogP contribution in [0.25, 0.3) is 0 Å². The topological polar surface area (TPSA) is 135 Å². The highest BCUT2D eigenvalue weighted by Gasteiger charge is 2.76. The maximum atomic E-state index is 15.3. The molecule has 296 valence electrons. The molecule has 0 radical (unpaired) electrons. The Kier molecular flexibility index (Phi) is 12.9. The van der Waals surface area contributed by atoms with Crippen LogP contribution < -0.4 is 10.2 Å². The van der Waals surface area contributed by atoms with Gasteiger partial charge < -0.3 is 34.4 Å². The molecule has 56 heavy (non-hydrogen) atoms. The number of hydrogen-bond donors (Lipinski definition) is 2. The number of aliphatic hydroxyl groups excluding tert-OH is 1. The third-order valence-electron chi connectivity index (χ3n) is 11.4. The van der Waals surface area contributed by atoms with Crippen molar-refractivity contribution < 1.29 is 38.5 Å². The van der Waals surface area contributed by atoms with E-state index >= 15 is 9.59 Å². The summed E-state index contributed by atoms with van der Waals surface area (Å²) >= 11 is 0. The Morgan fingerprint density at radius 1 is 1.05 bits per heavy atom. The van der Waals surface area contributed by atoms with Gasteiger partial charge in [-0.15, -0.1) is 13.2 Å². The molecule has 3 aliphatic rings. The van der Waals surface area contributed by atoms with Gasteiger partial charge in [0.25, 0.3) is 5.91 Å². The lowest BCUT2D eigenvalue weighted by Gasteiger charge is -2.39. The number of aliphatic hydroxyl groups is 1. The number of hydrogen-bond acceptors (Lipinski definition) is 8. The summed E-state index contributed by atoms with van der Waals surface area (Å²) in [4.78, 5) is 61.2. The van der Waals surface area contributed by atoms with E-state index in [0.29, 0.717) is 30.5 Å². The number of benzene rings is 3. The summed E-state index contributed by atoms with van der Waals surface area (Å²) in [6.07, 6.45) is 3.37. The van der Waals surface area contributed by atoms with Gasteiger partial charge in [-0.25, -0.2) is 0 Å². The molecule has 3 heterocycles. The fraction of sp³-hybridized carbons (Fsp3) is 0.422. The highest BCUT2D eigenvalue weighted by Crippen LogP contribution is 2.59. The summed E-state index contributed by atoms with van der Waals surface area (Å²) in [6.45, 7) is 11.3. The molecule has 3 aromatic carbocycles. The number of ether oxygens (including phenoxy) is 3. The smallest absolute Gasteiger partial charge is 0.313 e. The number of likely N-dealkylation sites (tertiary alicyclic amines) is 1. The Balaban J connectivity index is 1.40. The Bertz CT molecular complexity index is 1900. The van der Waals surface area contributed by atoms with E-state index in [-0.39, 0.29) is 37.8 Å². The number of nitrogens with zero attached hydrogens (tertiary/aromatic N) is 2. The van der Waals surface area contributed by atoms with Crippen LogP contribution in [0.4, 0.5) is 5.69 Å². The van der Waals surface area contributed by atoms with Crippen molar-refractivity contribution in [2.75, 3.05) is 31.8 Å². The van der Waals surface area contributed by atoms with E-state index in [9.17, 15) is 14.7 Å². The highest BCUT2D eigenvalue weighted by atomic mass is 16.6. The first kappa shape index (κ1) is 40.6. The molecular formula is C45H53N3O8. The zero-order valence-corrected chi connectivity index (χ0v) is 32.5. The summed E-state index contributed by atoms with van der Waals surface area (Å²) in [7, 11) is 1.50. The molecule has 3 saturated heterocycles. The van der Waals surface area contributed by atoms with Crippen molar-refractivity contribution >= 4 is 29.4 Å². The summed E-state index contributed by atoms with van der Waals surface area (Å²) in [5.41, 5.74) is 2.65. The van der Waals surface area contributed by atoms with Crippen molar-refractivity contribution in [2.45, 2.75) is 81.9 Å². The predicted molar refractivity (Wildman–Crippen MR) is 212 cm³/mol. The van der Waals surface area contributed by atoms with Gasteiger partial charge in [0.05, 0.1) is 43.2 Å². The number of nitrogens with one attached hydrogen (secondary N) is 1. The first-order valence-electron chi connectivity index (χ1n) is 19.4. The van der Waals surface area contributed by atoms with Gasteiger partial charge in [0.2, 0.25) is 11.8 Å². The van der Waals surface area contributed by atoms with E-state index in [2.05, 4.69) is 18.5 Å². The van der Waals surface area contributed by atoms with E-state index in [0.717, 1.165) is 16.7 Å². The number of fused-ring (bicyclic) bond motifs is 1. The standard InChI is InChI=1S/C45H53N3O8/c1-6-8-19-37(50)46-34(28-54-5)40(32-17-13-10-14-18-32)55-44(53)38-36-22-23-45(56-36)39(38)42(51)48(33(27-49)26-31-15-11-9-12-16-31)41(45)43(52)47(24-7-2)35-25-29(3)20-21-30(35)4/h6-7,9-18,20-21,25,33-34,36,38-41,49H,1-2,8,19,22-24,26-28H2,3-5H3,(H,46,50)/t33-,34+,36+,38-,39-,40+,41+,45-/m1/s1. The SMILES string of the molecule is C=CCCC(=O)N[C@@H](COC)[C@@H](OC(=O)[C@@H]1[C@@H]2CC[C@]3(O2)[C@H](C(=O)N(CC=C)c2cc(C)ccc2C)N([C@@H](CO)Cc2ccccc2)C(=O)[C@@H]13)c1ccccc1. The van der Waals surface area contributed by atoms with Crippen LogP contribution in [0, 0.1) is 25.7 Å². The average Bonchev–Trinajstić information content (AvgIpc) is 3.86. The van der Waals surface area contributed by atoms with Crippen LogP contribution in [-0.4, -0.2) is 90.4 Å². The molecule has 11 nitrogen and oxygen atoms in total. The molecule has 6 rings (SSSR count). The second-order valence-electron chi connectivity index (χ2n) is 15.1.